The van der Waals surface area contributed by atoms with E-state index < -0.39 is 26.0 Å². The summed E-state index contributed by atoms with van der Waals surface area (Å²) in [6.45, 7) is 6.85. The van der Waals surface area contributed by atoms with Gasteiger partial charge in [-0.3, -0.25) is 9.52 Å². The van der Waals surface area contributed by atoms with Crippen molar-refractivity contribution < 1.29 is 26.4 Å². The molecule has 1 amide bonds. The van der Waals surface area contributed by atoms with Gasteiger partial charge in [0.1, 0.15) is 12.4 Å². The van der Waals surface area contributed by atoms with Gasteiger partial charge in [0.15, 0.2) is 0 Å². The Morgan fingerprint density at radius 3 is 2.15 bits per heavy atom. The Kier molecular flexibility index (Phi) is 8.63. The van der Waals surface area contributed by atoms with Crippen LogP contribution in [0.4, 0.5) is 5.69 Å². The van der Waals surface area contributed by atoms with Crippen molar-refractivity contribution in [2.75, 3.05) is 31.0 Å². The summed E-state index contributed by atoms with van der Waals surface area (Å²) in [6, 6.07) is 16.2. The summed E-state index contributed by atoms with van der Waals surface area (Å²) < 4.78 is 61.2. The van der Waals surface area contributed by atoms with E-state index in [9.17, 15) is 21.6 Å². The fourth-order valence-electron chi connectivity index (χ4n) is 4.50. The first kappa shape index (κ1) is 28.6. The van der Waals surface area contributed by atoms with Crippen molar-refractivity contribution in [3.63, 3.8) is 0 Å². The number of amides is 1. The topological polar surface area (TPSA) is 122 Å². The summed E-state index contributed by atoms with van der Waals surface area (Å²) >= 11 is 0. The van der Waals surface area contributed by atoms with Crippen LogP contribution in [0.15, 0.2) is 70.5 Å². The number of benzene rings is 3. The van der Waals surface area contributed by atoms with Crippen LogP contribution in [0.1, 0.15) is 39.9 Å². The molecule has 11 heteroatoms. The van der Waals surface area contributed by atoms with E-state index in [1.54, 1.807) is 43.3 Å². The van der Waals surface area contributed by atoms with Crippen molar-refractivity contribution in [1.29, 1.82) is 0 Å². The van der Waals surface area contributed by atoms with E-state index in [2.05, 4.69) is 10.0 Å². The first-order valence-corrected chi connectivity index (χ1v) is 15.6. The highest BCUT2D eigenvalue weighted by Crippen LogP contribution is 2.24. The third-order valence-corrected chi connectivity index (χ3v) is 9.83. The summed E-state index contributed by atoms with van der Waals surface area (Å²) in [6.07, 6.45) is 1.74. The lowest BCUT2D eigenvalue weighted by Gasteiger charge is -2.15. The third-order valence-electron chi connectivity index (χ3n) is 6.40. The SMILES string of the molecule is Cc1cc(C)cc(NS(=O)(=O)c2cc(C(=O)NCCOc3ccc(S(=O)(=O)N4CCCC4)cc3)ccc2C)c1. The van der Waals surface area contributed by atoms with E-state index in [0.717, 1.165) is 24.0 Å². The molecule has 1 saturated heterocycles. The minimum absolute atomic E-state index is 0.0227. The molecule has 0 saturated carbocycles. The number of carbonyl (C=O) groups is 1. The molecule has 4 rings (SSSR count). The molecule has 208 valence electrons. The van der Waals surface area contributed by atoms with Crippen molar-refractivity contribution in [3.05, 3.63) is 82.9 Å². The van der Waals surface area contributed by atoms with Crippen molar-refractivity contribution in [2.24, 2.45) is 0 Å². The molecular formula is C28H33N3O6S2. The number of aryl methyl sites for hydroxylation is 3. The van der Waals surface area contributed by atoms with Crippen molar-refractivity contribution in [3.8, 4) is 5.75 Å². The Balaban J connectivity index is 1.34. The van der Waals surface area contributed by atoms with Crippen LogP contribution in [0.5, 0.6) is 5.75 Å². The van der Waals surface area contributed by atoms with Gasteiger partial charge in [-0.15, -0.1) is 0 Å². The molecule has 0 radical (unpaired) electrons. The Morgan fingerprint density at radius 1 is 0.872 bits per heavy atom. The zero-order valence-corrected chi connectivity index (χ0v) is 23.9. The summed E-state index contributed by atoms with van der Waals surface area (Å²) in [5, 5.41) is 2.72. The average molecular weight is 572 g/mol. The van der Waals surface area contributed by atoms with E-state index in [1.807, 2.05) is 19.9 Å². The van der Waals surface area contributed by atoms with Crippen molar-refractivity contribution in [1.82, 2.24) is 9.62 Å². The Bertz CT molecular complexity index is 1540. The predicted molar refractivity (Wildman–Crippen MR) is 150 cm³/mol. The molecule has 0 unspecified atom stereocenters. The summed E-state index contributed by atoms with van der Waals surface area (Å²) in [4.78, 5) is 13.0. The maximum atomic E-state index is 13.1. The lowest BCUT2D eigenvalue weighted by Crippen LogP contribution is -2.28. The molecule has 0 aliphatic carbocycles. The van der Waals surface area contributed by atoms with Crippen LogP contribution >= 0.6 is 0 Å². The number of sulfonamides is 2. The number of carbonyl (C=O) groups excluding carboxylic acids is 1. The number of hydrogen-bond acceptors (Lipinski definition) is 6. The van der Waals surface area contributed by atoms with E-state index in [1.165, 1.54) is 22.5 Å². The van der Waals surface area contributed by atoms with Gasteiger partial charge in [0.05, 0.1) is 16.3 Å². The van der Waals surface area contributed by atoms with Gasteiger partial charge in [0, 0.05) is 24.3 Å². The highest BCUT2D eigenvalue weighted by atomic mass is 32.2. The number of ether oxygens (including phenoxy) is 1. The van der Waals surface area contributed by atoms with Gasteiger partial charge in [-0.25, -0.2) is 16.8 Å². The Hall–Kier alpha value is -3.41. The molecule has 0 atom stereocenters. The molecule has 2 N–H and O–H groups in total. The average Bonchev–Trinajstić information content (AvgIpc) is 3.42. The smallest absolute Gasteiger partial charge is 0.262 e. The molecule has 9 nitrogen and oxygen atoms in total. The number of anilines is 1. The number of nitrogens with zero attached hydrogens (tertiary/aromatic N) is 1. The maximum Gasteiger partial charge on any atom is 0.262 e. The standard InChI is InChI=1S/C28H33N3O6S2/c1-20-16-21(2)18-24(17-20)30-38(33,34)27-19-23(7-6-22(27)3)28(32)29-12-15-37-25-8-10-26(11-9-25)39(35,36)31-13-4-5-14-31/h6-11,16-19,30H,4-5,12-15H2,1-3H3,(H,29,32). The summed E-state index contributed by atoms with van der Waals surface area (Å²) in [7, 11) is -7.40. The monoisotopic (exact) mass is 571 g/mol. The van der Waals surface area contributed by atoms with Gasteiger partial charge >= 0.3 is 0 Å². The van der Waals surface area contributed by atoms with Gasteiger partial charge in [0.2, 0.25) is 10.0 Å². The van der Waals surface area contributed by atoms with Gasteiger partial charge in [-0.1, -0.05) is 12.1 Å². The summed E-state index contributed by atoms with van der Waals surface area (Å²) in [5.74, 6) is 0.0410. The Labute approximate surface area is 230 Å². The molecule has 3 aromatic carbocycles. The lowest BCUT2D eigenvalue weighted by molar-refractivity contribution is 0.0946. The molecule has 1 fully saturated rings. The van der Waals surface area contributed by atoms with Gasteiger partial charge < -0.3 is 10.1 Å². The number of nitrogens with one attached hydrogen (secondary N) is 2. The molecule has 1 aliphatic rings. The first-order valence-electron chi connectivity index (χ1n) is 12.7. The van der Waals surface area contributed by atoms with Crippen LogP contribution in [0.3, 0.4) is 0 Å². The van der Waals surface area contributed by atoms with Crippen molar-refractivity contribution >= 4 is 31.6 Å². The zero-order chi connectivity index (χ0) is 28.2. The van der Waals surface area contributed by atoms with Crippen LogP contribution in [-0.2, 0) is 20.0 Å². The quantitative estimate of drug-likeness (QED) is 0.355. The highest BCUT2D eigenvalue weighted by Gasteiger charge is 2.27. The second-order valence-electron chi connectivity index (χ2n) is 9.65. The maximum absolute atomic E-state index is 13.1. The van der Waals surface area contributed by atoms with Crippen LogP contribution in [0, 0.1) is 20.8 Å². The molecule has 1 aliphatic heterocycles. The van der Waals surface area contributed by atoms with Gasteiger partial charge in [-0.2, -0.15) is 4.31 Å². The molecule has 0 bridgehead atoms. The fourth-order valence-corrected chi connectivity index (χ4v) is 7.32. The molecule has 0 spiro atoms. The molecular weight excluding hydrogens is 538 g/mol. The van der Waals surface area contributed by atoms with Gasteiger partial charge in [0.25, 0.3) is 15.9 Å². The van der Waals surface area contributed by atoms with Gasteiger partial charge in [-0.05, 0) is 98.8 Å². The predicted octanol–water partition coefficient (Wildman–Crippen LogP) is 4.01. The second kappa shape index (κ2) is 11.8. The molecule has 0 aromatic heterocycles. The third kappa shape index (κ3) is 6.97. The molecule has 39 heavy (non-hydrogen) atoms. The fraction of sp³-hybridized carbons (Fsp3) is 0.321. The second-order valence-corrected chi connectivity index (χ2v) is 13.2. The summed E-state index contributed by atoms with van der Waals surface area (Å²) in [5.41, 5.74) is 3.05. The largest absolute Gasteiger partial charge is 0.492 e. The van der Waals surface area contributed by atoms with E-state index in [0.29, 0.717) is 30.1 Å². The number of rotatable bonds is 10. The van der Waals surface area contributed by atoms with E-state index in [4.69, 9.17) is 4.74 Å². The van der Waals surface area contributed by atoms with Crippen molar-refractivity contribution in [2.45, 2.75) is 43.4 Å². The zero-order valence-electron chi connectivity index (χ0n) is 22.2. The minimum atomic E-state index is -3.91. The number of hydrogen-bond donors (Lipinski definition) is 2. The van der Waals surface area contributed by atoms with Crippen LogP contribution in [0.2, 0.25) is 0 Å². The Morgan fingerprint density at radius 2 is 1.51 bits per heavy atom. The van der Waals surface area contributed by atoms with Crippen LogP contribution in [-0.4, -0.2) is 53.3 Å². The van der Waals surface area contributed by atoms with E-state index >= 15 is 0 Å². The first-order chi connectivity index (χ1) is 18.5. The molecule has 3 aromatic rings. The lowest BCUT2D eigenvalue weighted by atomic mass is 10.1. The van der Waals surface area contributed by atoms with Crippen LogP contribution < -0.4 is 14.8 Å². The normalized spacial score (nSPS) is 14.2. The van der Waals surface area contributed by atoms with Crippen LogP contribution in [0.25, 0.3) is 0 Å². The van der Waals surface area contributed by atoms with E-state index in [-0.39, 0.29) is 28.5 Å². The highest BCUT2D eigenvalue weighted by molar-refractivity contribution is 7.92. The minimum Gasteiger partial charge on any atom is -0.492 e. The molecule has 1 heterocycles.